The summed E-state index contributed by atoms with van der Waals surface area (Å²) < 4.78 is 37.6. The van der Waals surface area contributed by atoms with E-state index >= 15 is 0 Å². The van der Waals surface area contributed by atoms with Crippen LogP contribution in [-0.4, -0.2) is 0 Å². The van der Waals surface area contributed by atoms with Gasteiger partial charge in [-0.05, 0) is 36.0 Å². The first-order valence-electron chi connectivity index (χ1n) is 6.26. The highest BCUT2D eigenvalue weighted by Gasteiger charge is 2.45. The van der Waals surface area contributed by atoms with Gasteiger partial charge in [0.1, 0.15) is 0 Å². The molecule has 0 N–H and O–H groups in total. The minimum Gasteiger partial charge on any atom is -0.198 e. The third-order valence-electron chi connectivity index (χ3n) is 4.23. The number of alkyl halides is 3. The second-order valence-electron chi connectivity index (χ2n) is 5.25. The molecule has 0 aliphatic heterocycles. The van der Waals surface area contributed by atoms with Crippen molar-refractivity contribution in [2.24, 2.45) is 17.8 Å². The second kappa shape index (κ2) is 4.12. The Morgan fingerprint density at radius 1 is 1.05 bits per heavy atom. The van der Waals surface area contributed by atoms with E-state index in [0.29, 0.717) is 5.92 Å². The first kappa shape index (κ1) is 12.3. The summed E-state index contributed by atoms with van der Waals surface area (Å²) in [6.45, 7) is 0. The fourth-order valence-electron chi connectivity index (χ4n) is 3.35. The van der Waals surface area contributed by atoms with E-state index in [-0.39, 0.29) is 17.8 Å². The van der Waals surface area contributed by atoms with Gasteiger partial charge in [0.25, 0.3) is 0 Å². The van der Waals surface area contributed by atoms with E-state index in [1.54, 1.807) is 0 Å². The van der Waals surface area contributed by atoms with Gasteiger partial charge in [-0.25, -0.2) is 0 Å². The molecule has 1 saturated carbocycles. The standard InChI is InChI=1S/C15H12F3N/c16-15(17,18)12-5-3-9(4-6-12)14-11-2-1-10(7-11)13(14)8-19/h1-6,10-11,13-14H,7H2. The molecule has 0 amide bonds. The minimum absolute atomic E-state index is 0.0438. The molecule has 1 aromatic rings. The van der Waals surface area contributed by atoms with Crippen LogP contribution in [0.4, 0.5) is 13.2 Å². The molecular formula is C15H12F3N. The predicted octanol–water partition coefficient (Wildman–Crippen LogP) is 4.13. The van der Waals surface area contributed by atoms with E-state index in [1.165, 1.54) is 12.1 Å². The molecule has 3 rings (SSSR count). The summed E-state index contributed by atoms with van der Waals surface area (Å²) >= 11 is 0. The van der Waals surface area contributed by atoms with Gasteiger partial charge in [-0.1, -0.05) is 24.3 Å². The lowest BCUT2D eigenvalue weighted by Gasteiger charge is -2.23. The topological polar surface area (TPSA) is 23.8 Å². The number of halogens is 3. The minimum atomic E-state index is -4.30. The van der Waals surface area contributed by atoms with Gasteiger partial charge in [-0.3, -0.25) is 0 Å². The Kier molecular flexibility index (Phi) is 2.67. The normalized spacial score (nSPS) is 32.5. The fourth-order valence-corrected chi connectivity index (χ4v) is 3.35. The number of fused-ring (bicyclic) bond motifs is 2. The third-order valence-corrected chi connectivity index (χ3v) is 4.23. The van der Waals surface area contributed by atoms with Gasteiger partial charge in [0.05, 0.1) is 17.6 Å². The van der Waals surface area contributed by atoms with Gasteiger partial charge in [-0.2, -0.15) is 18.4 Å². The smallest absolute Gasteiger partial charge is 0.198 e. The maximum atomic E-state index is 12.5. The highest BCUT2D eigenvalue weighted by atomic mass is 19.4. The summed E-state index contributed by atoms with van der Waals surface area (Å²) in [5, 5.41) is 9.24. The Labute approximate surface area is 109 Å². The Morgan fingerprint density at radius 2 is 1.68 bits per heavy atom. The van der Waals surface area contributed by atoms with Crippen LogP contribution >= 0.6 is 0 Å². The summed E-state index contributed by atoms with van der Waals surface area (Å²) in [7, 11) is 0. The number of rotatable bonds is 1. The van der Waals surface area contributed by atoms with E-state index in [0.717, 1.165) is 24.1 Å². The summed E-state index contributed by atoms with van der Waals surface area (Å²) in [4.78, 5) is 0. The van der Waals surface area contributed by atoms with Crippen LogP contribution in [0.5, 0.6) is 0 Å². The third kappa shape index (κ3) is 1.94. The number of hydrogen-bond donors (Lipinski definition) is 0. The molecule has 98 valence electrons. The molecule has 4 atom stereocenters. The fraction of sp³-hybridized carbons (Fsp3) is 0.400. The molecule has 2 bridgehead atoms. The van der Waals surface area contributed by atoms with Crippen molar-refractivity contribution in [3.8, 4) is 6.07 Å². The number of benzene rings is 1. The molecule has 0 aromatic heterocycles. The van der Waals surface area contributed by atoms with Crippen LogP contribution in [0.15, 0.2) is 36.4 Å². The highest BCUT2D eigenvalue weighted by molar-refractivity contribution is 5.34. The van der Waals surface area contributed by atoms with E-state index in [9.17, 15) is 18.4 Å². The van der Waals surface area contributed by atoms with Gasteiger partial charge >= 0.3 is 6.18 Å². The zero-order valence-electron chi connectivity index (χ0n) is 10.1. The Hall–Kier alpha value is -1.76. The molecule has 19 heavy (non-hydrogen) atoms. The van der Waals surface area contributed by atoms with Crippen molar-refractivity contribution >= 4 is 0 Å². The van der Waals surface area contributed by atoms with Gasteiger partial charge in [0.2, 0.25) is 0 Å². The van der Waals surface area contributed by atoms with Crippen molar-refractivity contribution in [2.75, 3.05) is 0 Å². The zero-order chi connectivity index (χ0) is 13.6. The molecule has 2 aliphatic carbocycles. The molecule has 2 aliphatic rings. The summed E-state index contributed by atoms with van der Waals surface area (Å²) in [6, 6.07) is 7.58. The zero-order valence-corrected chi connectivity index (χ0v) is 10.1. The first-order chi connectivity index (χ1) is 9.00. The second-order valence-corrected chi connectivity index (χ2v) is 5.25. The van der Waals surface area contributed by atoms with Crippen molar-refractivity contribution in [3.63, 3.8) is 0 Å². The van der Waals surface area contributed by atoms with E-state index in [2.05, 4.69) is 18.2 Å². The SMILES string of the molecule is N#CC1C2C=CC(C2)C1c1ccc(C(F)(F)F)cc1. The number of nitriles is 1. The summed E-state index contributed by atoms with van der Waals surface area (Å²) in [6.07, 6.45) is 0.811. The average Bonchev–Trinajstić information content (AvgIpc) is 2.97. The van der Waals surface area contributed by atoms with Crippen LogP contribution in [-0.2, 0) is 6.18 Å². The highest BCUT2D eigenvalue weighted by Crippen LogP contribution is 2.52. The van der Waals surface area contributed by atoms with Crippen LogP contribution < -0.4 is 0 Å². The largest absolute Gasteiger partial charge is 0.416 e. The lowest BCUT2D eigenvalue weighted by molar-refractivity contribution is -0.137. The molecule has 4 unspecified atom stereocenters. The van der Waals surface area contributed by atoms with E-state index in [1.807, 2.05) is 0 Å². The molecule has 0 spiro atoms. The van der Waals surface area contributed by atoms with Gasteiger partial charge in [0, 0.05) is 5.92 Å². The number of hydrogen-bond acceptors (Lipinski definition) is 1. The van der Waals surface area contributed by atoms with Gasteiger partial charge < -0.3 is 0 Å². The Morgan fingerprint density at radius 3 is 2.26 bits per heavy atom. The monoisotopic (exact) mass is 263 g/mol. The molecule has 1 aromatic carbocycles. The van der Waals surface area contributed by atoms with Crippen LogP contribution in [0.2, 0.25) is 0 Å². The molecule has 0 radical (unpaired) electrons. The molecule has 1 fully saturated rings. The van der Waals surface area contributed by atoms with Crippen LogP contribution in [0.3, 0.4) is 0 Å². The van der Waals surface area contributed by atoms with Crippen molar-refractivity contribution in [2.45, 2.75) is 18.5 Å². The van der Waals surface area contributed by atoms with Crippen LogP contribution in [0, 0.1) is 29.1 Å². The van der Waals surface area contributed by atoms with Crippen LogP contribution in [0.1, 0.15) is 23.5 Å². The van der Waals surface area contributed by atoms with Crippen molar-refractivity contribution in [1.82, 2.24) is 0 Å². The molecule has 4 heteroatoms. The lowest BCUT2D eigenvalue weighted by Crippen LogP contribution is -2.16. The summed E-state index contributed by atoms with van der Waals surface area (Å²) in [5.74, 6) is 0.502. The molecule has 0 saturated heterocycles. The number of allylic oxidation sites excluding steroid dienone is 2. The van der Waals surface area contributed by atoms with Crippen molar-refractivity contribution in [1.29, 1.82) is 5.26 Å². The van der Waals surface area contributed by atoms with Crippen molar-refractivity contribution in [3.05, 3.63) is 47.5 Å². The van der Waals surface area contributed by atoms with E-state index < -0.39 is 11.7 Å². The molecular weight excluding hydrogens is 251 g/mol. The van der Waals surface area contributed by atoms with Crippen molar-refractivity contribution < 1.29 is 13.2 Å². The van der Waals surface area contributed by atoms with Crippen LogP contribution in [0.25, 0.3) is 0 Å². The molecule has 1 nitrogen and oxygen atoms in total. The first-order valence-corrected chi connectivity index (χ1v) is 6.26. The predicted molar refractivity (Wildman–Crippen MR) is 64.0 cm³/mol. The molecule has 0 heterocycles. The quantitative estimate of drug-likeness (QED) is 0.699. The van der Waals surface area contributed by atoms with Gasteiger partial charge in [0.15, 0.2) is 0 Å². The number of nitrogens with zero attached hydrogens (tertiary/aromatic N) is 1. The summed E-state index contributed by atoms with van der Waals surface area (Å²) in [5.41, 5.74) is 0.208. The van der Waals surface area contributed by atoms with E-state index in [4.69, 9.17) is 0 Å². The Balaban J connectivity index is 1.91. The maximum Gasteiger partial charge on any atom is 0.416 e. The average molecular weight is 263 g/mol. The maximum absolute atomic E-state index is 12.5. The van der Waals surface area contributed by atoms with Gasteiger partial charge in [-0.15, -0.1) is 0 Å². The Bertz CT molecular complexity index is 550. The lowest BCUT2D eigenvalue weighted by atomic mass is 9.79.